The second-order valence-corrected chi connectivity index (χ2v) is 7.81. The molecule has 1 saturated heterocycles. The van der Waals surface area contributed by atoms with E-state index in [0.29, 0.717) is 28.3 Å². The molecule has 7 heteroatoms. The Morgan fingerprint density at radius 2 is 1.79 bits per heavy atom. The Labute approximate surface area is 170 Å². The Kier molecular flexibility index (Phi) is 5.40. The summed E-state index contributed by atoms with van der Waals surface area (Å²) in [6.07, 6.45) is 4.25. The second-order valence-electron chi connectivity index (χ2n) is 7.81. The Morgan fingerprint density at radius 3 is 2.41 bits per heavy atom. The van der Waals surface area contributed by atoms with E-state index in [0.717, 1.165) is 19.6 Å². The minimum absolute atomic E-state index is 0.0497. The van der Waals surface area contributed by atoms with Gasteiger partial charge in [-0.25, -0.2) is 9.97 Å². The standard InChI is InChI=1S/C22H26N6O/c1-14(2)15-4-6-16(7-5-15)18(12-28-10-3-11-28)27-22-20-19(25-13-26-22)17(21(23)29)8-9-24-20/h4-9,13-14,18H,3,10-12H2,1-2H3,(H2,23,29)(H,25,26,27). The Morgan fingerprint density at radius 1 is 1.07 bits per heavy atom. The summed E-state index contributed by atoms with van der Waals surface area (Å²) in [6, 6.07) is 10.4. The molecular formula is C22H26N6O. The van der Waals surface area contributed by atoms with Gasteiger partial charge in [0.05, 0.1) is 11.6 Å². The highest BCUT2D eigenvalue weighted by atomic mass is 16.1. The van der Waals surface area contributed by atoms with E-state index in [2.05, 4.69) is 63.3 Å². The molecule has 4 rings (SSSR count). The number of nitrogens with two attached hydrogens (primary N) is 1. The molecule has 1 atom stereocenters. The monoisotopic (exact) mass is 390 g/mol. The zero-order valence-electron chi connectivity index (χ0n) is 16.8. The van der Waals surface area contributed by atoms with E-state index in [4.69, 9.17) is 5.73 Å². The third-order valence-electron chi connectivity index (χ3n) is 5.49. The fourth-order valence-electron chi connectivity index (χ4n) is 3.60. The van der Waals surface area contributed by atoms with Gasteiger partial charge in [0, 0.05) is 12.7 Å². The number of rotatable bonds is 7. The van der Waals surface area contributed by atoms with Gasteiger partial charge in [-0.2, -0.15) is 0 Å². The molecule has 3 aromatic rings. The largest absolute Gasteiger partial charge is 0.366 e. The van der Waals surface area contributed by atoms with Crippen LogP contribution in [-0.2, 0) is 0 Å². The summed E-state index contributed by atoms with van der Waals surface area (Å²) in [6.45, 7) is 7.48. The average molecular weight is 390 g/mol. The molecular weight excluding hydrogens is 364 g/mol. The fourth-order valence-corrected chi connectivity index (χ4v) is 3.60. The molecule has 1 aromatic carbocycles. The van der Waals surface area contributed by atoms with Crippen molar-refractivity contribution in [2.45, 2.75) is 32.2 Å². The number of nitrogens with one attached hydrogen (secondary N) is 1. The predicted octanol–water partition coefficient (Wildman–Crippen LogP) is 3.11. The number of anilines is 1. The van der Waals surface area contributed by atoms with E-state index in [-0.39, 0.29) is 6.04 Å². The Bertz CT molecular complexity index is 1010. The van der Waals surface area contributed by atoms with Crippen LogP contribution in [0.4, 0.5) is 5.82 Å². The van der Waals surface area contributed by atoms with Crippen LogP contribution >= 0.6 is 0 Å². The number of pyridine rings is 1. The van der Waals surface area contributed by atoms with Crippen LogP contribution in [0.3, 0.4) is 0 Å². The lowest BCUT2D eigenvalue weighted by molar-refractivity contribution is 0.100. The molecule has 0 radical (unpaired) electrons. The molecule has 1 amide bonds. The molecule has 3 N–H and O–H groups in total. The highest BCUT2D eigenvalue weighted by molar-refractivity contribution is 6.05. The molecule has 150 valence electrons. The summed E-state index contributed by atoms with van der Waals surface area (Å²) < 4.78 is 0. The zero-order chi connectivity index (χ0) is 20.4. The lowest BCUT2D eigenvalue weighted by atomic mass is 9.98. The molecule has 1 unspecified atom stereocenters. The van der Waals surface area contributed by atoms with E-state index in [1.54, 1.807) is 12.3 Å². The maximum Gasteiger partial charge on any atom is 0.251 e. The topological polar surface area (TPSA) is 97.0 Å². The smallest absolute Gasteiger partial charge is 0.251 e. The lowest BCUT2D eigenvalue weighted by Gasteiger charge is -2.34. The van der Waals surface area contributed by atoms with Crippen molar-refractivity contribution < 1.29 is 4.79 Å². The third kappa shape index (κ3) is 4.05. The molecule has 29 heavy (non-hydrogen) atoms. The van der Waals surface area contributed by atoms with Crippen LogP contribution in [0.2, 0.25) is 0 Å². The molecule has 0 spiro atoms. The summed E-state index contributed by atoms with van der Waals surface area (Å²) in [5.41, 5.74) is 9.38. The lowest BCUT2D eigenvalue weighted by Crippen LogP contribution is -2.41. The van der Waals surface area contributed by atoms with Crippen molar-refractivity contribution in [2.75, 3.05) is 25.0 Å². The van der Waals surface area contributed by atoms with Gasteiger partial charge in [-0.1, -0.05) is 38.1 Å². The molecule has 1 aliphatic heterocycles. The predicted molar refractivity (Wildman–Crippen MR) is 114 cm³/mol. The summed E-state index contributed by atoms with van der Waals surface area (Å²) in [7, 11) is 0. The van der Waals surface area contributed by atoms with E-state index in [9.17, 15) is 4.79 Å². The van der Waals surface area contributed by atoms with Gasteiger partial charge in [0.25, 0.3) is 5.91 Å². The van der Waals surface area contributed by atoms with Gasteiger partial charge >= 0.3 is 0 Å². The summed E-state index contributed by atoms with van der Waals surface area (Å²) in [5, 5.41) is 3.54. The number of fused-ring (bicyclic) bond motifs is 1. The van der Waals surface area contributed by atoms with Crippen molar-refractivity contribution in [2.24, 2.45) is 5.73 Å². The van der Waals surface area contributed by atoms with Crippen molar-refractivity contribution in [3.8, 4) is 0 Å². The van der Waals surface area contributed by atoms with Crippen LogP contribution in [0.25, 0.3) is 11.0 Å². The number of carbonyl (C=O) groups excluding carboxylic acids is 1. The summed E-state index contributed by atoms with van der Waals surface area (Å²) in [4.78, 5) is 27.2. The van der Waals surface area contributed by atoms with Crippen LogP contribution in [0.15, 0.2) is 42.9 Å². The maximum absolute atomic E-state index is 11.8. The maximum atomic E-state index is 11.8. The molecule has 0 bridgehead atoms. The van der Waals surface area contributed by atoms with Crippen molar-refractivity contribution in [3.63, 3.8) is 0 Å². The number of primary amides is 1. The quantitative estimate of drug-likeness (QED) is 0.643. The number of nitrogens with zero attached hydrogens (tertiary/aromatic N) is 4. The van der Waals surface area contributed by atoms with Crippen molar-refractivity contribution in [1.82, 2.24) is 19.9 Å². The van der Waals surface area contributed by atoms with Crippen molar-refractivity contribution >= 4 is 22.8 Å². The molecule has 0 aliphatic carbocycles. The number of carbonyl (C=O) groups is 1. The number of likely N-dealkylation sites (tertiary alicyclic amines) is 1. The van der Waals surface area contributed by atoms with Crippen LogP contribution in [0, 0.1) is 0 Å². The molecule has 2 aromatic heterocycles. The van der Waals surface area contributed by atoms with Gasteiger partial charge in [-0.3, -0.25) is 9.78 Å². The van der Waals surface area contributed by atoms with Gasteiger partial charge in [-0.05, 0) is 42.6 Å². The van der Waals surface area contributed by atoms with Crippen molar-refractivity contribution in [3.05, 3.63) is 59.5 Å². The Hall–Kier alpha value is -3.06. The highest BCUT2D eigenvalue weighted by Gasteiger charge is 2.22. The molecule has 1 fully saturated rings. The highest BCUT2D eigenvalue weighted by Crippen LogP contribution is 2.27. The van der Waals surface area contributed by atoms with E-state index in [1.807, 2.05) is 0 Å². The van der Waals surface area contributed by atoms with Crippen LogP contribution in [0.1, 0.15) is 53.7 Å². The summed E-state index contributed by atoms with van der Waals surface area (Å²) in [5.74, 6) is 0.577. The van der Waals surface area contributed by atoms with Crippen LogP contribution < -0.4 is 11.1 Å². The van der Waals surface area contributed by atoms with Gasteiger partial charge in [0.2, 0.25) is 0 Å². The number of benzene rings is 1. The van der Waals surface area contributed by atoms with Crippen LogP contribution in [-0.4, -0.2) is 45.4 Å². The van der Waals surface area contributed by atoms with Gasteiger partial charge in [0.1, 0.15) is 17.4 Å². The van der Waals surface area contributed by atoms with Crippen LogP contribution in [0.5, 0.6) is 0 Å². The molecule has 0 saturated carbocycles. The SMILES string of the molecule is CC(C)c1ccc(C(CN2CCC2)Nc2ncnc3c(C(N)=O)ccnc23)cc1. The first-order chi connectivity index (χ1) is 14.0. The first-order valence-electron chi connectivity index (χ1n) is 10.0. The average Bonchev–Trinajstić information content (AvgIpc) is 2.69. The van der Waals surface area contributed by atoms with E-state index >= 15 is 0 Å². The Balaban J connectivity index is 1.69. The molecule has 7 nitrogen and oxygen atoms in total. The minimum Gasteiger partial charge on any atom is -0.366 e. The molecule has 3 heterocycles. The normalized spacial score (nSPS) is 15.3. The van der Waals surface area contributed by atoms with Gasteiger partial charge in [-0.15, -0.1) is 0 Å². The molecule has 1 aliphatic rings. The second kappa shape index (κ2) is 8.13. The fraction of sp³-hybridized carbons (Fsp3) is 0.364. The number of amides is 1. The zero-order valence-corrected chi connectivity index (χ0v) is 16.8. The first-order valence-corrected chi connectivity index (χ1v) is 10.0. The number of aromatic nitrogens is 3. The number of hydrogen-bond donors (Lipinski definition) is 2. The van der Waals surface area contributed by atoms with E-state index in [1.165, 1.54) is 23.9 Å². The first kappa shape index (κ1) is 19.3. The van der Waals surface area contributed by atoms with E-state index < -0.39 is 5.91 Å². The van der Waals surface area contributed by atoms with Gasteiger partial charge in [0.15, 0.2) is 5.82 Å². The summed E-state index contributed by atoms with van der Waals surface area (Å²) >= 11 is 0. The number of hydrogen-bond acceptors (Lipinski definition) is 6. The minimum atomic E-state index is -0.525. The van der Waals surface area contributed by atoms with Crippen molar-refractivity contribution in [1.29, 1.82) is 0 Å². The van der Waals surface area contributed by atoms with Gasteiger partial charge < -0.3 is 16.0 Å². The third-order valence-corrected chi connectivity index (χ3v) is 5.49.